The van der Waals surface area contributed by atoms with Gasteiger partial charge in [-0.15, -0.1) is 0 Å². The molecule has 0 N–H and O–H groups in total. The number of piperazine rings is 1. The number of fused-ring (bicyclic) bond motifs is 4. The second-order valence-electron chi connectivity index (χ2n) is 9.91. The van der Waals surface area contributed by atoms with Crippen LogP contribution in [0.25, 0.3) is 0 Å². The monoisotopic (exact) mass is 488 g/mol. The van der Waals surface area contributed by atoms with Crippen LogP contribution < -0.4 is 4.90 Å². The molecule has 35 heavy (non-hydrogen) atoms. The first kappa shape index (κ1) is 23.7. The van der Waals surface area contributed by atoms with Gasteiger partial charge in [-0.05, 0) is 35.7 Å². The number of esters is 2. The van der Waals surface area contributed by atoms with E-state index in [0.717, 1.165) is 25.1 Å². The van der Waals surface area contributed by atoms with Crippen molar-refractivity contribution >= 4 is 17.6 Å². The molecule has 2 aromatic carbocycles. The lowest BCUT2D eigenvalue weighted by atomic mass is 9.69. The number of halogens is 3. The molecule has 2 saturated heterocycles. The highest BCUT2D eigenvalue weighted by molar-refractivity contribution is 6.04. The molecule has 0 radical (unpaired) electrons. The Kier molecular flexibility index (Phi) is 5.58. The van der Waals surface area contributed by atoms with Gasteiger partial charge in [-0.2, -0.15) is 13.2 Å². The Morgan fingerprint density at radius 1 is 1.00 bits per heavy atom. The van der Waals surface area contributed by atoms with Gasteiger partial charge in [-0.3, -0.25) is 14.5 Å². The van der Waals surface area contributed by atoms with E-state index < -0.39 is 40.9 Å². The number of benzene rings is 2. The van der Waals surface area contributed by atoms with E-state index in [2.05, 4.69) is 4.90 Å². The van der Waals surface area contributed by atoms with Crippen LogP contribution in [0, 0.1) is 5.41 Å². The van der Waals surface area contributed by atoms with E-state index in [1.54, 1.807) is 0 Å². The van der Waals surface area contributed by atoms with E-state index >= 15 is 0 Å². The van der Waals surface area contributed by atoms with Crippen molar-refractivity contribution in [3.05, 3.63) is 65.2 Å². The Hall–Kier alpha value is -3.07. The van der Waals surface area contributed by atoms with E-state index in [9.17, 15) is 22.8 Å². The fraction of sp³-hybridized carbons (Fsp3) is 0.462. The molecule has 0 saturated carbocycles. The lowest BCUT2D eigenvalue weighted by Crippen LogP contribution is -2.70. The van der Waals surface area contributed by atoms with E-state index in [4.69, 9.17) is 9.47 Å². The Balaban J connectivity index is 1.51. The summed E-state index contributed by atoms with van der Waals surface area (Å²) in [6.07, 6.45) is -3.94. The molecule has 6 nitrogen and oxygen atoms in total. The average Bonchev–Trinajstić information content (AvgIpc) is 2.80. The van der Waals surface area contributed by atoms with E-state index in [0.29, 0.717) is 30.9 Å². The van der Waals surface area contributed by atoms with Crippen molar-refractivity contribution in [1.29, 1.82) is 0 Å². The topological polar surface area (TPSA) is 59.1 Å². The van der Waals surface area contributed by atoms with Gasteiger partial charge in [-0.1, -0.05) is 30.3 Å². The fourth-order valence-electron chi connectivity index (χ4n) is 5.44. The summed E-state index contributed by atoms with van der Waals surface area (Å²) in [5.41, 5.74) is -0.469. The highest BCUT2D eigenvalue weighted by Gasteiger charge is 2.64. The van der Waals surface area contributed by atoms with Gasteiger partial charge in [0.05, 0.1) is 11.6 Å². The zero-order chi connectivity index (χ0) is 25.0. The number of alkyl halides is 3. The summed E-state index contributed by atoms with van der Waals surface area (Å²) in [5.74, 6) is -2.93. The number of anilines is 1. The Labute approximate surface area is 201 Å². The second kappa shape index (κ2) is 8.26. The van der Waals surface area contributed by atoms with Crippen molar-refractivity contribution in [3.8, 4) is 0 Å². The summed E-state index contributed by atoms with van der Waals surface area (Å²) < 4.78 is 51.4. The third-order valence-corrected chi connectivity index (χ3v) is 7.18. The highest BCUT2D eigenvalue weighted by Crippen LogP contribution is 2.48. The van der Waals surface area contributed by atoms with Crippen molar-refractivity contribution in [2.75, 3.05) is 31.1 Å². The predicted octanol–water partition coefficient (Wildman–Crippen LogP) is 3.82. The van der Waals surface area contributed by atoms with E-state index in [1.165, 1.54) is 25.5 Å². The summed E-state index contributed by atoms with van der Waals surface area (Å²) in [7, 11) is 0. The van der Waals surface area contributed by atoms with Crippen molar-refractivity contribution in [1.82, 2.24) is 4.90 Å². The second-order valence-corrected chi connectivity index (χ2v) is 9.91. The summed E-state index contributed by atoms with van der Waals surface area (Å²) in [4.78, 5) is 31.0. The van der Waals surface area contributed by atoms with Crippen LogP contribution in [0.1, 0.15) is 30.5 Å². The largest absolute Gasteiger partial charge is 0.422 e. The number of rotatable bonds is 3. The van der Waals surface area contributed by atoms with Gasteiger partial charge in [-0.25, -0.2) is 0 Å². The predicted molar refractivity (Wildman–Crippen MR) is 122 cm³/mol. The number of cyclic esters (lactones) is 2. The number of carbonyl (C=O) groups excluding carboxylic acids is 2. The smallest absolute Gasteiger partial charge is 0.416 e. The molecule has 9 heteroatoms. The lowest BCUT2D eigenvalue weighted by molar-refractivity contribution is -0.253. The first-order valence-electron chi connectivity index (χ1n) is 11.7. The third kappa shape index (κ3) is 4.16. The minimum atomic E-state index is -4.54. The van der Waals surface area contributed by atoms with Crippen molar-refractivity contribution in [2.45, 2.75) is 44.7 Å². The van der Waals surface area contributed by atoms with Gasteiger partial charge in [0.2, 0.25) is 0 Å². The molecule has 1 atom stereocenters. The maximum atomic E-state index is 13.5. The van der Waals surface area contributed by atoms with Crippen LogP contribution in [0.3, 0.4) is 0 Å². The molecule has 1 unspecified atom stereocenters. The molecule has 2 aromatic rings. The minimum Gasteiger partial charge on any atom is -0.422 e. The molecule has 2 fully saturated rings. The summed E-state index contributed by atoms with van der Waals surface area (Å²) in [6, 6.07) is 12.9. The molecular weight excluding hydrogens is 461 g/mol. The lowest BCUT2D eigenvalue weighted by Gasteiger charge is -2.55. The zero-order valence-electron chi connectivity index (χ0n) is 19.6. The normalized spacial score (nSPS) is 23.3. The molecule has 1 spiro atoms. The maximum absolute atomic E-state index is 13.5. The summed E-state index contributed by atoms with van der Waals surface area (Å²) in [5, 5.41) is 0. The number of ether oxygens (including phenoxy) is 2. The SMILES string of the molecule is CC1(C)OC(=O)C2(Cc3cc(C(F)(F)F)ccc3N3CCN(CCc4ccccc4)CC32)C(=O)O1. The Bertz CT molecular complexity index is 1130. The van der Waals surface area contributed by atoms with Gasteiger partial charge >= 0.3 is 18.1 Å². The van der Waals surface area contributed by atoms with Crippen LogP contribution in [-0.4, -0.2) is 54.8 Å². The molecule has 0 aromatic heterocycles. The first-order valence-corrected chi connectivity index (χ1v) is 11.7. The van der Waals surface area contributed by atoms with E-state index in [-0.39, 0.29) is 6.42 Å². The van der Waals surface area contributed by atoms with Crippen LogP contribution >= 0.6 is 0 Å². The molecule has 3 heterocycles. The number of carbonyl (C=O) groups is 2. The Morgan fingerprint density at radius 2 is 1.69 bits per heavy atom. The molecular formula is C26H27F3N2O4. The molecule has 3 aliphatic rings. The average molecular weight is 489 g/mol. The maximum Gasteiger partial charge on any atom is 0.416 e. The van der Waals surface area contributed by atoms with Crippen LogP contribution in [0.15, 0.2) is 48.5 Å². The first-order chi connectivity index (χ1) is 16.5. The minimum absolute atomic E-state index is 0.201. The van der Waals surface area contributed by atoms with Crippen LogP contribution in [0.2, 0.25) is 0 Å². The number of hydrogen-bond acceptors (Lipinski definition) is 6. The molecule has 0 amide bonds. The molecule has 3 aliphatic heterocycles. The number of nitrogens with zero attached hydrogens (tertiary/aromatic N) is 2. The summed E-state index contributed by atoms with van der Waals surface area (Å²) in [6.45, 7) is 5.16. The standard InChI is InChI=1S/C26H27F3N2O4/c1-24(2)34-22(32)25(23(33)35-24)15-18-14-19(26(27,28)29)8-9-20(18)31-13-12-30(16-21(25)31)11-10-17-6-4-3-5-7-17/h3-9,14,21H,10-13,15-16H2,1-2H3. The third-order valence-electron chi connectivity index (χ3n) is 7.18. The van der Waals surface area contributed by atoms with Crippen LogP contribution in [0.4, 0.5) is 18.9 Å². The zero-order valence-corrected chi connectivity index (χ0v) is 19.6. The quantitative estimate of drug-likeness (QED) is 0.484. The van der Waals surface area contributed by atoms with Gasteiger partial charge in [0.15, 0.2) is 5.41 Å². The molecule has 5 rings (SSSR count). The fourth-order valence-corrected chi connectivity index (χ4v) is 5.44. The number of hydrogen-bond donors (Lipinski definition) is 0. The van der Waals surface area contributed by atoms with Crippen molar-refractivity contribution in [3.63, 3.8) is 0 Å². The van der Waals surface area contributed by atoms with Crippen molar-refractivity contribution in [2.24, 2.45) is 5.41 Å². The highest BCUT2D eigenvalue weighted by atomic mass is 19.4. The van der Waals surface area contributed by atoms with E-state index in [1.807, 2.05) is 35.2 Å². The van der Waals surface area contributed by atoms with Gasteiger partial charge in [0, 0.05) is 52.1 Å². The van der Waals surface area contributed by atoms with Gasteiger partial charge in [0.1, 0.15) is 0 Å². The summed E-state index contributed by atoms with van der Waals surface area (Å²) >= 11 is 0. The Morgan fingerprint density at radius 3 is 2.34 bits per heavy atom. The van der Waals surface area contributed by atoms with Crippen molar-refractivity contribution < 1.29 is 32.2 Å². The molecule has 0 bridgehead atoms. The van der Waals surface area contributed by atoms with Crippen LogP contribution in [0.5, 0.6) is 0 Å². The molecule has 186 valence electrons. The van der Waals surface area contributed by atoms with Gasteiger partial charge < -0.3 is 14.4 Å². The van der Waals surface area contributed by atoms with Crippen LogP contribution in [-0.2, 0) is 38.1 Å². The van der Waals surface area contributed by atoms with Gasteiger partial charge in [0.25, 0.3) is 5.79 Å². The molecule has 0 aliphatic carbocycles.